The van der Waals surface area contributed by atoms with E-state index in [9.17, 15) is 24.3 Å². The zero-order valence-electron chi connectivity index (χ0n) is 14.1. The lowest BCUT2D eigenvalue weighted by Crippen LogP contribution is -2.67. The standard InChI is InChI=1S/C14H20O10S/c1-6(16)20-11-10(5-15)24-14(25,23-9(4)19)13(22-8(3)18)12(11)21-7(2)17/h10-13,15,25H,5H2,1-4H3/t10-,11-,12+,13-,14?/m1/s1. The van der Waals surface area contributed by atoms with Gasteiger partial charge in [0.05, 0.1) is 6.61 Å². The molecule has 0 aromatic heterocycles. The van der Waals surface area contributed by atoms with Gasteiger partial charge in [-0.05, 0) is 0 Å². The topological polar surface area (TPSA) is 135 Å². The summed E-state index contributed by atoms with van der Waals surface area (Å²) in [5.74, 6) is -3.21. The summed E-state index contributed by atoms with van der Waals surface area (Å²) < 4.78 is 25.6. The first-order valence-corrected chi connectivity index (χ1v) is 7.67. The maximum Gasteiger partial charge on any atom is 0.305 e. The molecule has 5 atom stereocenters. The van der Waals surface area contributed by atoms with Gasteiger partial charge in [-0.25, -0.2) is 0 Å². The summed E-state index contributed by atoms with van der Waals surface area (Å²) in [5.41, 5.74) is 0. The largest absolute Gasteiger partial charge is 0.456 e. The molecule has 0 radical (unpaired) electrons. The number of aliphatic hydroxyl groups excluding tert-OH is 1. The van der Waals surface area contributed by atoms with Crippen molar-refractivity contribution in [3.63, 3.8) is 0 Å². The van der Waals surface area contributed by atoms with Crippen LogP contribution in [0.25, 0.3) is 0 Å². The third kappa shape index (κ3) is 5.58. The number of hydrogen-bond acceptors (Lipinski definition) is 11. The van der Waals surface area contributed by atoms with E-state index >= 15 is 0 Å². The molecule has 1 saturated heterocycles. The Hall–Kier alpha value is -1.85. The number of hydrogen-bond donors (Lipinski definition) is 2. The van der Waals surface area contributed by atoms with Crippen LogP contribution in [0, 0.1) is 0 Å². The highest BCUT2D eigenvalue weighted by molar-refractivity contribution is 7.81. The monoisotopic (exact) mass is 380 g/mol. The molecule has 10 nitrogen and oxygen atoms in total. The molecule has 1 rings (SSSR count). The predicted octanol–water partition coefficient (Wildman–Crippen LogP) is -0.681. The van der Waals surface area contributed by atoms with Crippen molar-refractivity contribution < 1.29 is 48.0 Å². The molecule has 0 saturated carbocycles. The van der Waals surface area contributed by atoms with Crippen LogP contribution in [0.5, 0.6) is 0 Å². The number of esters is 4. The van der Waals surface area contributed by atoms with E-state index in [1.165, 1.54) is 0 Å². The average Bonchev–Trinajstić information content (AvgIpc) is 2.43. The first kappa shape index (κ1) is 21.2. The van der Waals surface area contributed by atoms with E-state index in [4.69, 9.17) is 23.7 Å². The van der Waals surface area contributed by atoms with Crippen molar-refractivity contribution in [3.05, 3.63) is 0 Å². The fourth-order valence-electron chi connectivity index (χ4n) is 2.35. The Balaban J connectivity index is 3.38. The van der Waals surface area contributed by atoms with Gasteiger partial charge >= 0.3 is 29.0 Å². The fourth-order valence-corrected chi connectivity index (χ4v) is 2.81. The number of carbonyl (C=O) groups is 4. The number of aliphatic hydroxyl groups is 1. The van der Waals surface area contributed by atoms with Gasteiger partial charge < -0.3 is 28.8 Å². The smallest absolute Gasteiger partial charge is 0.305 e. The molecule has 0 amide bonds. The van der Waals surface area contributed by atoms with Gasteiger partial charge in [0.2, 0.25) is 6.10 Å². The van der Waals surface area contributed by atoms with Gasteiger partial charge in [0.25, 0.3) is 0 Å². The van der Waals surface area contributed by atoms with Crippen LogP contribution < -0.4 is 0 Å². The van der Waals surface area contributed by atoms with Crippen molar-refractivity contribution in [1.29, 1.82) is 0 Å². The second-order valence-corrected chi connectivity index (χ2v) is 5.86. The Morgan fingerprint density at radius 3 is 1.80 bits per heavy atom. The van der Waals surface area contributed by atoms with Crippen LogP contribution >= 0.6 is 12.6 Å². The van der Waals surface area contributed by atoms with Crippen LogP contribution in [0.15, 0.2) is 0 Å². The zero-order chi connectivity index (χ0) is 19.4. The van der Waals surface area contributed by atoms with E-state index in [1.54, 1.807) is 0 Å². The maximum atomic E-state index is 11.5. The van der Waals surface area contributed by atoms with E-state index in [1.807, 2.05) is 0 Å². The van der Waals surface area contributed by atoms with Gasteiger partial charge in [-0.1, -0.05) is 12.6 Å². The van der Waals surface area contributed by atoms with Crippen LogP contribution in [0.2, 0.25) is 0 Å². The minimum Gasteiger partial charge on any atom is -0.456 e. The third-order valence-electron chi connectivity index (χ3n) is 3.04. The Labute approximate surface area is 149 Å². The molecule has 0 aromatic carbocycles. The average molecular weight is 380 g/mol. The summed E-state index contributed by atoms with van der Waals surface area (Å²) >= 11 is 4.10. The second kappa shape index (κ2) is 8.50. The molecular formula is C14H20O10S. The summed E-state index contributed by atoms with van der Waals surface area (Å²) in [6.07, 6.45) is -5.59. The molecule has 0 aliphatic carbocycles. The molecule has 0 bridgehead atoms. The van der Waals surface area contributed by atoms with Crippen molar-refractivity contribution in [1.82, 2.24) is 0 Å². The number of rotatable bonds is 5. The summed E-state index contributed by atoms with van der Waals surface area (Å²) in [6.45, 7) is 3.59. The Bertz CT molecular complexity index is 550. The van der Waals surface area contributed by atoms with Crippen LogP contribution in [0.1, 0.15) is 27.7 Å². The number of thiol groups is 1. The Morgan fingerprint density at radius 2 is 1.40 bits per heavy atom. The highest BCUT2D eigenvalue weighted by atomic mass is 32.1. The third-order valence-corrected chi connectivity index (χ3v) is 3.49. The van der Waals surface area contributed by atoms with Crippen molar-refractivity contribution in [2.24, 2.45) is 0 Å². The summed E-state index contributed by atoms with van der Waals surface area (Å²) in [5, 5.41) is 7.34. The minimum absolute atomic E-state index is 0.688. The SMILES string of the molecule is CC(=O)O[C@H]1[C@H](OC(C)=O)[C@@H](CO)OC(S)(OC(C)=O)[C@@H]1OC(C)=O. The first-order chi connectivity index (χ1) is 11.5. The van der Waals surface area contributed by atoms with Crippen LogP contribution in [0.3, 0.4) is 0 Å². The summed E-state index contributed by atoms with van der Waals surface area (Å²) in [4.78, 5) is 45.7. The molecule has 0 aromatic rings. The van der Waals surface area contributed by atoms with Gasteiger partial charge in [-0.3, -0.25) is 19.2 Å². The minimum atomic E-state index is -2.18. The Morgan fingerprint density at radius 1 is 0.920 bits per heavy atom. The van der Waals surface area contributed by atoms with E-state index in [2.05, 4.69) is 12.6 Å². The predicted molar refractivity (Wildman–Crippen MR) is 82.1 cm³/mol. The highest BCUT2D eigenvalue weighted by Crippen LogP contribution is 2.39. The van der Waals surface area contributed by atoms with Crippen molar-refractivity contribution in [2.75, 3.05) is 6.61 Å². The van der Waals surface area contributed by atoms with E-state index in [0.29, 0.717) is 0 Å². The molecule has 1 heterocycles. The molecule has 25 heavy (non-hydrogen) atoms. The molecule has 0 spiro atoms. The lowest BCUT2D eigenvalue weighted by atomic mass is 9.98. The van der Waals surface area contributed by atoms with Gasteiger partial charge in [0.1, 0.15) is 6.10 Å². The number of carbonyl (C=O) groups excluding carboxylic acids is 4. The van der Waals surface area contributed by atoms with Crippen LogP contribution in [0.4, 0.5) is 0 Å². The molecular weight excluding hydrogens is 360 g/mol. The van der Waals surface area contributed by atoms with Crippen molar-refractivity contribution >= 4 is 36.5 Å². The highest BCUT2D eigenvalue weighted by Gasteiger charge is 2.60. The van der Waals surface area contributed by atoms with Gasteiger partial charge in [-0.2, -0.15) is 0 Å². The van der Waals surface area contributed by atoms with E-state index in [-0.39, 0.29) is 0 Å². The quantitative estimate of drug-likeness (QED) is 0.273. The van der Waals surface area contributed by atoms with Crippen LogP contribution in [-0.4, -0.2) is 65.1 Å². The second-order valence-electron chi connectivity index (χ2n) is 5.24. The lowest BCUT2D eigenvalue weighted by molar-refractivity contribution is -0.314. The molecule has 1 N–H and O–H groups in total. The van der Waals surface area contributed by atoms with Crippen molar-refractivity contribution in [3.8, 4) is 0 Å². The molecule has 142 valence electrons. The summed E-state index contributed by atoms with van der Waals surface area (Å²) in [7, 11) is 0. The summed E-state index contributed by atoms with van der Waals surface area (Å²) in [6, 6.07) is 0. The first-order valence-electron chi connectivity index (χ1n) is 7.22. The van der Waals surface area contributed by atoms with Gasteiger partial charge in [-0.15, -0.1) is 0 Å². The number of ether oxygens (including phenoxy) is 5. The van der Waals surface area contributed by atoms with E-state index in [0.717, 1.165) is 27.7 Å². The maximum absolute atomic E-state index is 11.5. The van der Waals surface area contributed by atoms with Crippen LogP contribution in [-0.2, 0) is 42.9 Å². The molecule has 1 aliphatic rings. The Kier molecular flexibility index (Phi) is 7.20. The molecule has 1 fully saturated rings. The fraction of sp³-hybridized carbons (Fsp3) is 0.714. The normalized spacial score (nSPS) is 31.6. The zero-order valence-corrected chi connectivity index (χ0v) is 15.0. The van der Waals surface area contributed by atoms with Gasteiger partial charge in [0, 0.05) is 27.7 Å². The van der Waals surface area contributed by atoms with Crippen molar-refractivity contribution in [2.45, 2.75) is 57.2 Å². The molecule has 1 aliphatic heterocycles. The molecule has 11 heteroatoms. The lowest BCUT2D eigenvalue weighted by Gasteiger charge is -2.47. The van der Waals surface area contributed by atoms with Gasteiger partial charge in [0.15, 0.2) is 12.2 Å². The molecule has 1 unspecified atom stereocenters. The van der Waals surface area contributed by atoms with E-state index < -0.39 is 60.0 Å².